The molecule has 4 heteroatoms. The normalized spacial score (nSPS) is 38.6. The molecule has 4 nitrogen and oxygen atoms in total. The number of hydrogen-bond acceptors (Lipinski definition) is 3. The van der Waals surface area contributed by atoms with E-state index < -0.39 is 0 Å². The van der Waals surface area contributed by atoms with Gasteiger partial charge in [-0.3, -0.25) is 0 Å². The monoisotopic (exact) mass is 220 g/mol. The number of piperidine rings is 1. The Morgan fingerprint density at radius 1 is 1.31 bits per heavy atom. The highest BCUT2D eigenvalue weighted by atomic mass is 15.1. The Labute approximate surface area is 96.2 Å². The molecule has 0 amide bonds. The van der Waals surface area contributed by atoms with Crippen molar-refractivity contribution in [1.82, 2.24) is 20.6 Å². The Kier molecular flexibility index (Phi) is 2.30. The summed E-state index contributed by atoms with van der Waals surface area (Å²) in [5.41, 5.74) is 2.71. The zero-order valence-electron chi connectivity index (χ0n) is 10.0. The molecule has 3 rings (SSSR count). The average molecular weight is 220 g/mol. The first kappa shape index (κ1) is 10.3. The van der Waals surface area contributed by atoms with E-state index in [1.165, 1.54) is 11.4 Å². The summed E-state index contributed by atoms with van der Waals surface area (Å²) in [7, 11) is 0. The third-order valence-corrected chi connectivity index (χ3v) is 3.89. The van der Waals surface area contributed by atoms with E-state index in [1.54, 1.807) is 0 Å². The van der Waals surface area contributed by atoms with Gasteiger partial charge in [0, 0.05) is 30.7 Å². The van der Waals surface area contributed by atoms with E-state index in [2.05, 4.69) is 34.4 Å². The summed E-state index contributed by atoms with van der Waals surface area (Å²) in [5.74, 6) is 0. The summed E-state index contributed by atoms with van der Waals surface area (Å²) < 4.78 is 0. The number of aromatic amines is 1. The van der Waals surface area contributed by atoms with Gasteiger partial charge in [-0.15, -0.1) is 0 Å². The standard InChI is InChI=1S/C12H20N4/c1-8-5-12(6-9(2)16-8)11-10(3-4-15-12)13-7-14-11/h7-9,15-16H,3-6H2,1-2H3,(H,13,14). The molecule has 1 aromatic rings. The van der Waals surface area contributed by atoms with E-state index in [4.69, 9.17) is 0 Å². The molecule has 3 heterocycles. The van der Waals surface area contributed by atoms with E-state index in [0.29, 0.717) is 12.1 Å². The molecular formula is C12H20N4. The second kappa shape index (κ2) is 3.57. The van der Waals surface area contributed by atoms with Gasteiger partial charge in [0.2, 0.25) is 0 Å². The third-order valence-electron chi connectivity index (χ3n) is 3.89. The molecule has 0 saturated carbocycles. The maximum atomic E-state index is 4.56. The highest BCUT2D eigenvalue weighted by molar-refractivity contribution is 5.27. The van der Waals surface area contributed by atoms with Crippen LogP contribution in [0, 0.1) is 0 Å². The van der Waals surface area contributed by atoms with Crippen LogP contribution >= 0.6 is 0 Å². The number of nitrogens with zero attached hydrogens (tertiary/aromatic N) is 1. The van der Waals surface area contributed by atoms with Gasteiger partial charge in [0.15, 0.2) is 0 Å². The van der Waals surface area contributed by atoms with Gasteiger partial charge >= 0.3 is 0 Å². The Balaban J connectivity index is 2.00. The van der Waals surface area contributed by atoms with Crippen molar-refractivity contribution in [2.45, 2.75) is 50.7 Å². The van der Waals surface area contributed by atoms with Gasteiger partial charge < -0.3 is 15.6 Å². The molecule has 1 aromatic heterocycles. The van der Waals surface area contributed by atoms with E-state index in [0.717, 1.165) is 25.8 Å². The molecule has 0 radical (unpaired) electrons. The van der Waals surface area contributed by atoms with Crippen molar-refractivity contribution in [1.29, 1.82) is 0 Å². The molecule has 1 spiro atoms. The van der Waals surface area contributed by atoms with Crippen molar-refractivity contribution in [2.24, 2.45) is 0 Å². The molecule has 16 heavy (non-hydrogen) atoms. The largest absolute Gasteiger partial charge is 0.348 e. The van der Waals surface area contributed by atoms with Crippen LogP contribution in [0.2, 0.25) is 0 Å². The fourth-order valence-electron chi connectivity index (χ4n) is 3.50. The predicted molar refractivity (Wildman–Crippen MR) is 63.3 cm³/mol. The highest BCUT2D eigenvalue weighted by Gasteiger charge is 2.43. The first-order valence-electron chi connectivity index (χ1n) is 6.23. The minimum atomic E-state index is 0.109. The lowest BCUT2D eigenvalue weighted by Gasteiger charge is -2.45. The summed E-state index contributed by atoms with van der Waals surface area (Å²) in [6.07, 6.45) is 5.19. The number of rotatable bonds is 0. The Bertz CT molecular complexity index is 374. The molecule has 0 bridgehead atoms. The molecule has 0 aromatic carbocycles. The summed E-state index contributed by atoms with van der Waals surface area (Å²) >= 11 is 0. The van der Waals surface area contributed by atoms with Crippen LogP contribution in [-0.4, -0.2) is 28.6 Å². The molecule has 3 N–H and O–H groups in total. The molecule has 2 aliphatic heterocycles. The van der Waals surface area contributed by atoms with Gasteiger partial charge in [0.1, 0.15) is 0 Å². The first-order valence-corrected chi connectivity index (χ1v) is 6.23. The van der Waals surface area contributed by atoms with Gasteiger partial charge in [-0.25, -0.2) is 4.98 Å². The van der Waals surface area contributed by atoms with Crippen molar-refractivity contribution >= 4 is 0 Å². The second-order valence-corrected chi connectivity index (χ2v) is 5.37. The van der Waals surface area contributed by atoms with Crippen LogP contribution in [0.1, 0.15) is 38.1 Å². The maximum absolute atomic E-state index is 4.56. The number of aromatic nitrogens is 2. The van der Waals surface area contributed by atoms with Gasteiger partial charge in [-0.05, 0) is 26.7 Å². The second-order valence-electron chi connectivity index (χ2n) is 5.37. The first-order chi connectivity index (χ1) is 7.70. The van der Waals surface area contributed by atoms with Crippen LogP contribution in [0.3, 0.4) is 0 Å². The lowest BCUT2D eigenvalue weighted by Crippen LogP contribution is -2.58. The highest BCUT2D eigenvalue weighted by Crippen LogP contribution is 2.37. The molecule has 2 aliphatic rings. The van der Waals surface area contributed by atoms with E-state index in [9.17, 15) is 0 Å². The number of nitrogens with one attached hydrogen (secondary N) is 3. The minimum Gasteiger partial charge on any atom is -0.348 e. The van der Waals surface area contributed by atoms with Crippen LogP contribution < -0.4 is 10.6 Å². The quantitative estimate of drug-likeness (QED) is 0.609. The zero-order valence-corrected chi connectivity index (χ0v) is 10.0. The number of H-pyrrole nitrogens is 1. The van der Waals surface area contributed by atoms with Gasteiger partial charge in [0.25, 0.3) is 0 Å². The molecule has 2 unspecified atom stereocenters. The SMILES string of the molecule is CC1CC2(CC(C)N1)NCCc1[nH]cnc12. The van der Waals surface area contributed by atoms with Gasteiger partial charge in [0.05, 0.1) is 17.6 Å². The van der Waals surface area contributed by atoms with Crippen molar-refractivity contribution in [3.63, 3.8) is 0 Å². The van der Waals surface area contributed by atoms with Crippen molar-refractivity contribution in [3.8, 4) is 0 Å². The zero-order chi connectivity index (χ0) is 11.2. The molecule has 1 fully saturated rings. The lowest BCUT2D eigenvalue weighted by atomic mass is 9.76. The van der Waals surface area contributed by atoms with E-state index >= 15 is 0 Å². The van der Waals surface area contributed by atoms with Crippen molar-refractivity contribution in [3.05, 3.63) is 17.7 Å². The van der Waals surface area contributed by atoms with Crippen LogP contribution in [0.5, 0.6) is 0 Å². The number of fused-ring (bicyclic) bond motifs is 2. The van der Waals surface area contributed by atoms with Crippen LogP contribution in [0.25, 0.3) is 0 Å². The van der Waals surface area contributed by atoms with Crippen LogP contribution in [-0.2, 0) is 12.0 Å². The maximum Gasteiger partial charge on any atom is 0.0926 e. The van der Waals surface area contributed by atoms with Crippen molar-refractivity contribution < 1.29 is 0 Å². The smallest absolute Gasteiger partial charge is 0.0926 e. The van der Waals surface area contributed by atoms with E-state index in [1.807, 2.05) is 6.33 Å². The number of hydrogen-bond donors (Lipinski definition) is 3. The summed E-state index contributed by atoms with van der Waals surface area (Å²) in [6.45, 7) is 5.59. The predicted octanol–water partition coefficient (Wildman–Crippen LogP) is 0.911. The Morgan fingerprint density at radius 3 is 2.81 bits per heavy atom. The fourth-order valence-corrected chi connectivity index (χ4v) is 3.50. The molecule has 0 aliphatic carbocycles. The fraction of sp³-hybridized carbons (Fsp3) is 0.750. The summed E-state index contributed by atoms with van der Waals surface area (Å²) in [4.78, 5) is 7.84. The van der Waals surface area contributed by atoms with Gasteiger partial charge in [-0.1, -0.05) is 0 Å². The molecule has 88 valence electrons. The van der Waals surface area contributed by atoms with Crippen LogP contribution in [0.15, 0.2) is 6.33 Å². The van der Waals surface area contributed by atoms with Crippen LogP contribution in [0.4, 0.5) is 0 Å². The summed E-state index contributed by atoms with van der Waals surface area (Å²) in [6, 6.07) is 1.11. The summed E-state index contributed by atoms with van der Waals surface area (Å²) in [5, 5.41) is 7.31. The molecular weight excluding hydrogens is 200 g/mol. The Morgan fingerprint density at radius 2 is 2.06 bits per heavy atom. The average Bonchev–Trinajstić information content (AvgIpc) is 2.65. The minimum absolute atomic E-state index is 0.109. The van der Waals surface area contributed by atoms with Gasteiger partial charge in [-0.2, -0.15) is 0 Å². The number of imidazole rings is 1. The van der Waals surface area contributed by atoms with Crippen molar-refractivity contribution in [2.75, 3.05) is 6.54 Å². The molecule has 2 atom stereocenters. The topological polar surface area (TPSA) is 52.7 Å². The Hall–Kier alpha value is -0.870. The third kappa shape index (κ3) is 1.48. The lowest BCUT2D eigenvalue weighted by molar-refractivity contribution is 0.165. The van der Waals surface area contributed by atoms with E-state index in [-0.39, 0.29) is 5.54 Å². The molecule has 1 saturated heterocycles.